The van der Waals surface area contributed by atoms with Crippen molar-refractivity contribution in [1.82, 2.24) is 10.6 Å². The van der Waals surface area contributed by atoms with E-state index >= 15 is 0 Å². The number of carbonyl (C=O) groups excluding carboxylic acids is 1. The molecule has 9 unspecified atom stereocenters. The molecule has 2 amide bonds. The fourth-order valence-corrected chi connectivity index (χ4v) is 12.7. The zero-order valence-corrected chi connectivity index (χ0v) is 28.7. The van der Waals surface area contributed by atoms with Crippen LogP contribution in [0.3, 0.4) is 0 Å². The van der Waals surface area contributed by atoms with Crippen molar-refractivity contribution in [3.8, 4) is 0 Å². The molecule has 0 saturated heterocycles. The first-order chi connectivity index (χ1) is 21.5. The van der Waals surface area contributed by atoms with Gasteiger partial charge in [0.25, 0.3) is 0 Å². The molecule has 1 aromatic carbocycles. The minimum atomic E-state index is -1.04. The van der Waals surface area contributed by atoms with Crippen molar-refractivity contribution >= 4 is 23.5 Å². The number of carbonyl (C=O) groups is 3. The van der Waals surface area contributed by atoms with Gasteiger partial charge in [-0.15, -0.1) is 0 Å². The maximum Gasteiger partial charge on any atom is 0.335 e. The maximum atomic E-state index is 13.1. The number of hydrogen-bond acceptors (Lipinski definition) is 3. The van der Waals surface area contributed by atoms with Crippen LogP contribution in [0.2, 0.25) is 0 Å². The molecule has 4 fully saturated rings. The van der Waals surface area contributed by atoms with E-state index in [1.54, 1.807) is 12.1 Å². The molecule has 4 N–H and O–H groups in total. The van der Waals surface area contributed by atoms with Crippen molar-refractivity contribution in [2.45, 2.75) is 105 Å². The number of allylic oxidation sites excluding steroid dienone is 3. The normalized spacial score (nSPS) is 40.7. The summed E-state index contributed by atoms with van der Waals surface area (Å²) >= 11 is 0. The lowest BCUT2D eigenvalue weighted by molar-refractivity contribution is -0.218. The maximum absolute atomic E-state index is 13.1. The lowest BCUT2D eigenvalue weighted by atomic mass is 9.33. The van der Waals surface area contributed by atoms with Crippen molar-refractivity contribution in [3.63, 3.8) is 0 Å². The summed E-state index contributed by atoms with van der Waals surface area (Å²) in [6, 6.07) is 7.08. The summed E-state index contributed by atoms with van der Waals surface area (Å²) in [5.41, 5.74) is 4.07. The van der Waals surface area contributed by atoms with Crippen LogP contribution in [0.15, 0.2) is 42.5 Å². The van der Waals surface area contributed by atoms with E-state index in [0.29, 0.717) is 35.2 Å². The van der Waals surface area contributed by atoms with Crippen LogP contribution >= 0.6 is 0 Å². The summed E-state index contributed by atoms with van der Waals surface area (Å²) in [6.45, 7) is 18.8. The molecular weight excluding hydrogens is 576 g/mol. The SMILES string of the molecule is C=C(C)C1CCC2(NC(=O)NCC(=O)O)CCC3(C)C(CCC4C5(C)CC=C(c6ccc(C(=O)O)cc6)C(C)(C)C5CCC43C)C12. The summed E-state index contributed by atoms with van der Waals surface area (Å²) in [7, 11) is 0. The van der Waals surface area contributed by atoms with Crippen LogP contribution < -0.4 is 10.6 Å². The van der Waals surface area contributed by atoms with E-state index in [2.05, 4.69) is 64.8 Å². The molecule has 46 heavy (non-hydrogen) atoms. The zero-order valence-electron chi connectivity index (χ0n) is 28.7. The first-order valence-electron chi connectivity index (χ1n) is 17.5. The van der Waals surface area contributed by atoms with Gasteiger partial charge in [-0.1, -0.05) is 65.0 Å². The van der Waals surface area contributed by atoms with E-state index in [-0.39, 0.29) is 39.8 Å². The summed E-state index contributed by atoms with van der Waals surface area (Å²) in [5, 5.41) is 24.5. The number of nitrogens with one attached hydrogen (secondary N) is 2. The molecule has 6 rings (SSSR count). The topological polar surface area (TPSA) is 116 Å². The molecule has 7 heteroatoms. The molecule has 0 spiro atoms. The number of amides is 2. The van der Waals surface area contributed by atoms with Crippen molar-refractivity contribution < 1.29 is 24.6 Å². The predicted octanol–water partition coefficient (Wildman–Crippen LogP) is 8.17. The van der Waals surface area contributed by atoms with Gasteiger partial charge in [0.05, 0.1) is 5.56 Å². The number of urea groups is 1. The second-order valence-electron chi connectivity index (χ2n) is 17.0. The highest BCUT2D eigenvalue weighted by Crippen LogP contribution is 2.76. The fraction of sp³-hybridized carbons (Fsp3) is 0.667. The van der Waals surface area contributed by atoms with Crippen LogP contribution in [0.25, 0.3) is 5.57 Å². The molecule has 0 bridgehead atoms. The third-order valence-electron chi connectivity index (χ3n) is 14.8. The van der Waals surface area contributed by atoms with Gasteiger partial charge in [-0.25, -0.2) is 9.59 Å². The molecule has 0 aliphatic heterocycles. The average molecular weight is 631 g/mol. The van der Waals surface area contributed by atoms with Gasteiger partial charge in [-0.2, -0.15) is 0 Å². The van der Waals surface area contributed by atoms with Crippen molar-refractivity contribution in [2.24, 2.45) is 51.2 Å². The van der Waals surface area contributed by atoms with E-state index in [0.717, 1.165) is 44.1 Å². The Kier molecular flexibility index (Phi) is 7.84. The Morgan fingerprint density at radius 1 is 0.870 bits per heavy atom. The quantitative estimate of drug-likeness (QED) is 0.237. The summed E-state index contributed by atoms with van der Waals surface area (Å²) in [5.74, 6) is 0.280. The molecule has 9 atom stereocenters. The molecular formula is C39H54N2O5. The molecule has 4 saturated carbocycles. The molecule has 5 aliphatic rings. The van der Waals surface area contributed by atoms with E-state index in [9.17, 15) is 19.5 Å². The van der Waals surface area contributed by atoms with E-state index in [1.807, 2.05) is 12.1 Å². The second-order valence-corrected chi connectivity index (χ2v) is 17.0. The molecule has 7 nitrogen and oxygen atoms in total. The summed E-state index contributed by atoms with van der Waals surface area (Å²) < 4.78 is 0. The lowest BCUT2D eigenvalue weighted by Gasteiger charge is -2.72. The Hall–Kier alpha value is -3.09. The number of carboxylic acids is 2. The van der Waals surface area contributed by atoms with Crippen molar-refractivity contribution in [3.05, 3.63) is 53.6 Å². The average Bonchev–Trinajstić information content (AvgIpc) is 3.36. The van der Waals surface area contributed by atoms with Gasteiger partial charge in [-0.3, -0.25) is 4.79 Å². The Bertz CT molecular complexity index is 1480. The highest BCUT2D eigenvalue weighted by molar-refractivity contribution is 5.88. The van der Waals surface area contributed by atoms with Gasteiger partial charge < -0.3 is 20.8 Å². The summed E-state index contributed by atoms with van der Waals surface area (Å²) in [6.07, 6.45) is 12.1. The second kappa shape index (κ2) is 11.0. The number of rotatable bonds is 6. The highest BCUT2D eigenvalue weighted by Gasteiger charge is 2.70. The Morgan fingerprint density at radius 3 is 2.20 bits per heavy atom. The van der Waals surface area contributed by atoms with Gasteiger partial charge in [0.15, 0.2) is 0 Å². The van der Waals surface area contributed by atoms with Crippen molar-refractivity contribution in [2.75, 3.05) is 6.54 Å². The first-order valence-corrected chi connectivity index (χ1v) is 17.5. The third kappa shape index (κ3) is 4.69. The number of hydrogen-bond donors (Lipinski definition) is 4. The minimum absolute atomic E-state index is 0.0394. The molecule has 5 aliphatic carbocycles. The number of carboxylic acid groups (broad SMARTS) is 2. The van der Waals surface area contributed by atoms with Gasteiger partial charge in [-0.05, 0) is 139 Å². The standard InChI is InChI=1S/C39H54N2O5/c1-23(2)26-14-19-39(41-34(46)40-22-31(42)43)21-20-37(6)28(32(26)39)12-13-30-36(5)17-15-27(24-8-10-25(11-9-24)33(44)45)35(3,4)29(36)16-18-38(30,37)7/h8-11,15,26,28-30,32H,1,12-14,16-22H2,2-7H3,(H,42,43)(H,44,45)(H2,40,41,46). The molecule has 1 aromatic rings. The number of aromatic carboxylic acids is 1. The Balaban J connectivity index is 1.32. The van der Waals surface area contributed by atoms with Crippen molar-refractivity contribution in [1.29, 1.82) is 0 Å². The van der Waals surface area contributed by atoms with Crippen LogP contribution in [0, 0.1) is 51.2 Å². The molecule has 250 valence electrons. The minimum Gasteiger partial charge on any atom is -0.480 e. The zero-order chi connectivity index (χ0) is 33.4. The molecule has 0 aromatic heterocycles. The lowest BCUT2D eigenvalue weighted by Crippen LogP contribution is -2.68. The van der Waals surface area contributed by atoms with Crippen LogP contribution in [0.1, 0.15) is 115 Å². The Morgan fingerprint density at radius 2 is 1.57 bits per heavy atom. The number of aliphatic carboxylic acids is 1. The Labute approximate surface area is 274 Å². The highest BCUT2D eigenvalue weighted by atomic mass is 16.4. The first kappa shape index (κ1) is 32.8. The van der Waals surface area contributed by atoms with Gasteiger partial charge in [0.1, 0.15) is 6.54 Å². The van der Waals surface area contributed by atoms with Gasteiger partial charge in [0, 0.05) is 5.54 Å². The van der Waals surface area contributed by atoms with Crippen LogP contribution in [0.4, 0.5) is 4.79 Å². The monoisotopic (exact) mass is 630 g/mol. The van der Waals surface area contributed by atoms with Gasteiger partial charge in [0.2, 0.25) is 0 Å². The largest absolute Gasteiger partial charge is 0.480 e. The van der Waals surface area contributed by atoms with E-state index in [1.165, 1.54) is 30.4 Å². The predicted molar refractivity (Wildman–Crippen MR) is 180 cm³/mol. The smallest absolute Gasteiger partial charge is 0.335 e. The summed E-state index contributed by atoms with van der Waals surface area (Å²) in [4.78, 5) is 35.7. The van der Waals surface area contributed by atoms with Crippen LogP contribution in [0.5, 0.6) is 0 Å². The fourth-order valence-electron chi connectivity index (χ4n) is 12.7. The van der Waals surface area contributed by atoms with Crippen LogP contribution in [-0.4, -0.2) is 40.3 Å². The van der Waals surface area contributed by atoms with E-state index in [4.69, 9.17) is 5.11 Å². The number of fused-ring (bicyclic) bond motifs is 7. The van der Waals surface area contributed by atoms with Gasteiger partial charge >= 0.3 is 18.0 Å². The molecule has 0 radical (unpaired) electrons. The number of benzene rings is 1. The van der Waals surface area contributed by atoms with E-state index < -0.39 is 11.9 Å². The molecule has 0 heterocycles. The van der Waals surface area contributed by atoms with Crippen LogP contribution in [-0.2, 0) is 4.79 Å². The third-order valence-corrected chi connectivity index (χ3v) is 14.8.